The number of nitrogens with one attached hydrogen (secondary N) is 1. The molecule has 18 heavy (non-hydrogen) atoms. The molecule has 0 aromatic carbocycles. The average molecular weight is 248 g/mol. The van der Waals surface area contributed by atoms with E-state index in [2.05, 4.69) is 22.1 Å². The van der Waals surface area contributed by atoms with Gasteiger partial charge in [0.1, 0.15) is 5.69 Å². The Bertz CT molecular complexity index is 433. The van der Waals surface area contributed by atoms with E-state index in [1.165, 1.54) is 0 Å². The molecule has 1 aromatic rings. The van der Waals surface area contributed by atoms with Crippen molar-refractivity contribution in [3.63, 3.8) is 0 Å². The number of aromatic nitrogens is 1. The smallest absolute Gasteiger partial charge is 0.269 e. The van der Waals surface area contributed by atoms with Crippen molar-refractivity contribution >= 4 is 11.6 Å². The first-order valence-electron chi connectivity index (χ1n) is 6.30. The van der Waals surface area contributed by atoms with Crippen molar-refractivity contribution < 1.29 is 4.79 Å². The lowest BCUT2D eigenvalue weighted by Gasteiger charge is -2.20. The molecular formula is C13H20N4O. The summed E-state index contributed by atoms with van der Waals surface area (Å²) in [4.78, 5) is 17.9. The highest BCUT2D eigenvalue weighted by Gasteiger charge is 2.25. The van der Waals surface area contributed by atoms with Crippen LogP contribution in [-0.2, 0) is 0 Å². The highest BCUT2D eigenvalue weighted by atomic mass is 16.1. The van der Waals surface area contributed by atoms with Gasteiger partial charge in [0.25, 0.3) is 5.91 Å². The van der Waals surface area contributed by atoms with E-state index in [0.29, 0.717) is 11.6 Å². The molecular weight excluding hydrogens is 228 g/mol. The number of hydrogen-bond acceptors (Lipinski definition) is 4. The largest absolute Gasteiger partial charge is 0.371 e. The summed E-state index contributed by atoms with van der Waals surface area (Å²) in [5.74, 6) is 0.376. The molecule has 2 heterocycles. The van der Waals surface area contributed by atoms with E-state index in [1.807, 2.05) is 12.1 Å². The fraction of sp³-hybridized carbons (Fsp3) is 0.538. The van der Waals surface area contributed by atoms with Gasteiger partial charge in [0.15, 0.2) is 0 Å². The van der Waals surface area contributed by atoms with Crippen molar-refractivity contribution in [2.24, 2.45) is 11.7 Å². The van der Waals surface area contributed by atoms with E-state index in [0.717, 1.165) is 25.2 Å². The highest BCUT2D eigenvalue weighted by molar-refractivity contribution is 5.92. The number of hydrogen-bond donors (Lipinski definition) is 2. The minimum absolute atomic E-state index is 0.153. The van der Waals surface area contributed by atoms with Gasteiger partial charge >= 0.3 is 0 Å². The van der Waals surface area contributed by atoms with Crippen LogP contribution in [0.1, 0.15) is 23.8 Å². The predicted octanol–water partition coefficient (Wildman–Crippen LogP) is 0.615. The van der Waals surface area contributed by atoms with Gasteiger partial charge in [-0.1, -0.05) is 0 Å². The van der Waals surface area contributed by atoms with Crippen molar-refractivity contribution in [2.45, 2.75) is 19.4 Å². The molecule has 5 nitrogen and oxygen atoms in total. The Labute approximate surface area is 107 Å². The molecule has 0 radical (unpaired) electrons. The number of carbonyl (C=O) groups is 1. The van der Waals surface area contributed by atoms with E-state index in [-0.39, 0.29) is 11.9 Å². The molecule has 2 rings (SSSR count). The monoisotopic (exact) mass is 248 g/mol. The molecule has 1 fully saturated rings. The van der Waals surface area contributed by atoms with Crippen LogP contribution >= 0.6 is 0 Å². The molecule has 1 amide bonds. The number of rotatable bonds is 3. The molecule has 1 aliphatic heterocycles. The van der Waals surface area contributed by atoms with Crippen LogP contribution in [0.15, 0.2) is 18.3 Å². The lowest BCUT2D eigenvalue weighted by Crippen LogP contribution is -2.29. The topological polar surface area (TPSA) is 71.2 Å². The van der Waals surface area contributed by atoms with Crippen molar-refractivity contribution in [3.8, 4) is 0 Å². The average Bonchev–Trinajstić information content (AvgIpc) is 2.88. The van der Waals surface area contributed by atoms with Crippen molar-refractivity contribution in [2.75, 3.05) is 25.0 Å². The van der Waals surface area contributed by atoms with Gasteiger partial charge in [-0.15, -0.1) is 0 Å². The SMILES string of the molecule is CNC(=O)c1cc(N2CCC(C(C)N)C2)ccn1. The van der Waals surface area contributed by atoms with E-state index in [9.17, 15) is 4.79 Å². The van der Waals surface area contributed by atoms with Gasteiger partial charge in [0, 0.05) is 38.1 Å². The quantitative estimate of drug-likeness (QED) is 0.822. The maximum atomic E-state index is 11.5. The lowest BCUT2D eigenvalue weighted by atomic mass is 10.0. The molecule has 2 atom stereocenters. The maximum Gasteiger partial charge on any atom is 0.269 e. The summed E-state index contributed by atoms with van der Waals surface area (Å²) >= 11 is 0. The second-order valence-corrected chi connectivity index (χ2v) is 4.83. The van der Waals surface area contributed by atoms with Gasteiger partial charge in [-0.3, -0.25) is 9.78 Å². The van der Waals surface area contributed by atoms with Crippen LogP contribution in [0.5, 0.6) is 0 Å². The van der Waals surface area contributed by atoms with Crippen molar-refractivity contribution in [1.82, 2.24) is 10.3 Å². The van der Waals surface area contributed by atoms with Crippen LogP contribution in [0, 0.1) is 5.92 Å². The molecule has 98 valence electrons. The summed E-state index contributed by atoms with van der Waals surface area (Å²) < 4.78 is 0. The molecule has 0 bridgehead atoms. The predicted molar refractivity (Wildman–Crippen MR) is 71.6 cm³/mol. The first kappa shape index (κ1) is 12.8. The number of anilines is 1. The Hall–Kier alpha value is -1.62. The zero-order chi connectivity index (χ0) is 13.1. The minimum Gasteiger partial charge on any atom is -0.371 e. The summed E-state index contributed by atoms with van der Waals surface area (Å²) in [7, 11) is 1.61. The Morgan fingerprint density at radius 3 is 3.06 bits per heavy atom. The highest BCUT2D eigenvalue weighted by Crippen LogP contribution is 2.25. The summed E-state index contributed by atoms with van der Waals surface area (Å²) in [6, 6.07) is 3.99. The lowest BCUT2D eigenvalue weighted by molar-refractivity contribution is 0.0958. The van der Waals surface area contributed by atoms with Crippen LogP contribution < -0.4 is 16.0 Å². The molecule has 0 saturated carbocycles. The first-order valence-corrected chi connectivity index (χ1v) is 6.30. The van der Waals surface area contributed by atoms with E-state index >= 15 is 0 Å². The van der Waals surface area contributed by atoms with Crippen LogP contribution in [0.3, 0.4) is 0 Å². The first-order chi connectivity index (χ1) is 8.61. The van der Waals surface area contributed by atoms with Crippen LogP contribution in [0.4, 0.5) is 5.69 Å². The normalized spacial score (nSPS) is 20.8. The van der Waals surface area contributed by atoms with Gasteiger partial charge in [-0.25, -0.2) is 0 Å². The van der Waals surface area contributed by atoms with Crippen LogP contribution in [-0.4, -0.2) is 37.1 Å². The van der Waals surface area contributed by atoms with Crippen LogP contribution in [0.25, 0.3) is 0 Å². The second kappa shape index (κ2) is 5.35. The summed E-state index contributed by atoms with van der Waals surface area (Å²) in [5.41, 5.74) is 7.44. The molecule has 0 spiro atoms. The summed E-state index contributed by atoms with van der Waals surface area (Å²) in [6.45, 7) is 3.99. The van der Waals surface area contributed by atoms with E-state index < -0.39 is 0 Å². The van der Waals surface area contributed by atoms with E-state index in [4.69, 9.17) is 5.73 Å². The zero-order valence-corrected chi connectivity index (χ0v) is 10.9. The number of nitrogens with zero attached hydrogens (tertiary/aromatic N) is 2. The zero-order valence-electron chi connectivity index (χ0n) is 10.9. The summed E-state index contributed by atoms with van der Waals surface area (Å²) in [6.07, 6.45) is 2.79. The van der Waals surface area contributed by atoms with E-state index in [1.54, 1.807) is 13.2 Å². The van der Waals surface area contributed by atoms with Crippen molar-refractivity contribution in [1.29, 1.82) is 0 Å². The number of nitrogens with two attached hydrogens (primary N) is 1. The van der Waals surface area contributed by atoms with Crippen molar-refractivity contribution in [3.05, 3.63) is 24.0 Å². The Kier molecular flexibility index (Phi) is 3.81. The van der Waals surface area contributed by atoms with Gasteiger partial charge in [0.05, 0.1) is 0 Å². The molecule has 0 aliphatic carbocycles. The summed E-state index contributed by atoms with van der Waals surface area (Å²) in [5, 5.41) is 2.59. The van der Waals surface area contributed by atoms with Gasteiger partial charge in [0.2, 0.25) is 0 Å². The molecule has 5 heteroatoms. The third kappa shape index (κ3) is 2.61. The number of amides is 1. The molecule has 1 aliphatic rings. The minimum atomic E-state index is -0.153. The number of pyridine rings is 1. The van der Waals surface area contributed by atoms with Gasteiger partial charge in [-0.2, -0.15) is 0 Å². The Morgan fingerprint density at radius 1 is 1.67 bits per heavy atom. The standard InChI is InChI=1S/C13H20N4O/c1-9(14)10-4-6-17(8-10)11-3-5-16-12(7-11)13(18)15-2/h3,5,7,9-10H,4,6,8,14H2,1-2H3,(H,15,18). The fourth-order valence-electron chi connectivity index (χ4n) is 2.32. The Morgan fingerprint density at radius 2 is 2.44 bits per heavy atom. The Balaban J connectivity index is 2.12. The maximum absolute atomic E-state index is 11.5. The van der Waals surface area contributed by atoms with Gasteiger partial charge in [-0.05, 0) is 31.4 Å². The molecule has 1 aromatic heterocycles. The van der Waals surface area contributed by atoms with Crippen LogP contribution in [0.2, 0.25) is 0 Å². The third-order valence-electron chi connectivity index (χ3n) is 3.54. The fourth-order valence-corrected chi connectivity index (χ4v) is 2.32. The van der Waals surface area contributed by atoms with Gasteiger partial charge < -0.3 is 16.0 Å². The molecule has 3 N–H and O–H groups in total. The molecule has 2 unspecified atom stereocenters. The number of carbonyl (C=O) groups excluding carboxylic acids is 1. The second-order valence-electron chi connectivity index (χ2n) is 4.83. The molecule has 1 saturated heterocycles. The third-order valence-corrected chi connectivity index (χ3v) is 3.54.